The fourth-order valence-corrected chi connectivity index (χ4v) is 5.46. The van der Waals surface area contributed by atoms with Gasteiger partial charge in [-0.15, -0.1) is 0 Å². The van der Waals surface area contributed by atoms with Crippen molar-refractivity contribution in [3.63, 3.8) is 0 Å². The number of hydrogen-bond acceptors (Lipinski definition) is 3. The van der Waals surface area contributed by atoms with E-state index in [4.69, 9.17) is 0 Å². The molecule has 0 amide bonds. The van der Waals surface area contributed by atoms with Crippen molar-refractivity contribution in [2.45, 2.75) is 112 Å². The topological polar surface area (TPSA) is 50.8 Å². The van der Waals surface area contributed by atoms with Crippen molar-refractivity contribution >= 4 is 11.1 Å². The summed E-state index contributed by atoms with van der Waals surface area (Å²) in [7, 11) is 0. The summed E-state index contributed by atoms with van der Waals surface area (Å²) in [6, 6.07) is 9.93. The van der Waals surface area contributed by atoms with Gasteiger partial charge in [0.2, 0.25) is 0 Å². The molecule has 3 nitrogen and oxygen atoms in total. The Bertz CT molecular complexity index is 1070. The molecule has 1 unspecified atom stereocenters. The lowest BCUT2D eigenvalue weighted by Crippen LogP contribution is -2.25. The first kappa shape index (κ1) is 29.5. The Labute approximate surface area is 220 Å². The average molecular weight is 486 g/mol. The number of rotatable bonds is 14. The van der Waals surface area contributed by atoms with Crippen LogP contribution in [0.3, 0.4) is 0 Å². The SMILES string of the molecule is CCCCCCCCC(CCCCCC)CN1C=C(C)C(=c2ccc(=C(C#N)C#N)cc2C)C(C)=C1. The monoisotopic (exact) mass is 485 g/mol. The van der Waals surface area contributed by atoms with Gasteiger partial charge in [0.25, 0.3) is 0 Å². The minimum absolute atomic E-state index is 0.166. The zero-order chi connectivity index (χ0) is 26.3. The third kappa shape index (κ3) is 9.02. The Morgan fingerprint density at radius 1 is 0.778 bits per heavy atom. The number of nitrogens with zero attached hydrogens (tertiary/aromatic N) is 3. The summed E-state index contributed by atoms with van der Waals surface area (Å²) in [6.07, 6.45) is 20.8. The minimum atomic E-state index is 0.166. The van der Waals surface area contributed by atoms with E-state index in [-0.39, 0.29) is 5.57 Å². The molecule has 1 atom stereocenters. The average Bonchev–Trinajstić information content (AvgIpc) is 2.85. The van der Waals surface area contributed by atoms with Crippen LogP contribution in [0.15, 0.2) is 41.7 Å². The molecule has 1 aromatic carbocycles. The van der Waals surface area contributed by atoms with E-state index in [0.29, 0.717) is 5.22 Å². The Hall–Kier alpha value is -2.78. The lowest BCUT2D eigenvalue weighted by atomic mass is 9.91. The van der Waals surface area contributed by atoms with Gasteiger partial charge in [-0.1, -0.05) is 90.2 Å². The number of nitriles is 2. The van der Waals surface area contributed by atoms with Crippen LogP contribution in [-0.4, -0.2) is 11.4 Å². The Balaban J connectivity index is 2.18. The van der Waals surface area contributed by atoms with Gasteiger partial charge in [0.05, 0.1) is 0 Å². The van der Waals surface area contributed by atoms with Crippen LogP contribution in [0, 0.1) is 35.5 Å². The summed E-state index contributed by atoms with van der Waals surface area (Å²) in [5.74, 6) is 0.745. The van der Waals surface area contributed by atoms with E-state index >= 15 is 0 Å². The fraction of sp³-hybridized carbons (Fsp3) is 0.576. The third-order valence-electron chi connectivity index (χ3n) is 7.42. The molecule has 194 valence electrons. The molecule has 2 rings (SSSR count). The summed E-state index contributed by atoms with van der Waals surface area (Å²) < 4.78 is 0. The molecule has 1 aliphatic heterocycles. The molecule has 0 bridgehead atoms. The molecule has 0 saturated heterocycles. The smallest absolute Gasteiger partial charge is 0.136 e. The van der Waals surface area contributed by atoms with Gasteiger partial charge in [0.15, 0.2) is 0 Å². The first-order valence-electron chi connectivity index (χ1n) is 14.2. The van der Waals surface area contributed by atoms with E-state index in [1.54, 1.807) is 0 Å². The summed E-state index contributed by atoms with van der Waals surface area (Å²) in [5, 5.41) is 20.3. The summed E-state index contributed by atoms with van der Waals surface area (Å²) in [5.41, 5.74) is 5.08. The number of hydrogen-bond donors (Lipinski definition) is 0. The molecule has 0 aromatic heterocycles. The van der Waals surface area contributed by atoms with Crippen LogP contribution in [0.4, 0.5) is 0 Å². The molecule has 1 heterocycles. The van der Waals surface area contributed by atoms with Crippen molar-refractivity contribution in [1.29, 1.82) is 10.5 Å². The molecule has 3 heteroatoms. The molecule has 1 aliphatic rings. The molecule has 0 fully saturated rings. The van der Waals surface area contributed by atoms with Gasteiger partial charge in [-0.05, 0) is 73.1 Å². The molecule has 1 aromatic rings. The van der Waals surface area contributed by atoms with Crippen LogP contribution in [-0.2, 0) is 0 Å². The lowest BCUT2D eigenvalue weighted by Gasteiger charge is -2.29. The maximum Gasteiger partial charge on any atom is 0.136 e. The summed E-state index contributed by atoms with van der Waals surface area (Å²) in [6.45, 7) is 12.2. The molecular formula is C33H47N3. The Morgan fingerprint density at radius 3 is 1.83 bits per heavy atom. The minimum Gasteiger partial charge on any atom is -0.353 e. The fourth-order valence-electron chi connectivity index (χ4n) is 5.46. The van der Waals surface area contributed by atoms with Crippen LogP contribution < -0.4 is 10.4 Å². The second-order valence-corrected chi connectivity index (χ2v) is 10.6. The Kier molecular flexibility index (Phi) is 13.1. The van der Waals surface area contributed by atoms with Crippen molar-refractivity contribution in [3.05, 3.63) is 57.7 Å². The number of unbranched alkanes of at least 4 members (excludes halogenated alkanes) is 8. The molecule has 0 spiro atoms. The van der Waals surface area contributed by atoms with E-state index in [2.05, 4.69) is 58.0 Å². The standard InChI is InChI=1S/C33H47N3/c1-6-8-10-12-13-15-17-29(16-14-11-9-7-2)25-36-23-27(4)33(28(5)24-36)32-19-18-30(20-26(32)3)31(21-34)22-35/h18-20,23-24,29H,6-17,25H2,1-5H3. The summed E-state index contributed by atoms with van der Waals surface area (Å²) in [4.78, 5) is 2.43. The first-order valence-corrected chi connectivity index (χ1v) is 14.2. The molecule has 36 heavy (non-hydrogen) atoms. The highest BCUT2D eigenvalue weighted by Crippen LogP contribution is 2.28. The highest BCUT2D eigenvalue weighted by molar-refractivity contribution is 5.79. The van der Waals surface area contributed by atoms with Crippen molar-refractivity contribution in [2.75, 3.05) is 6.54 Å². The quantitative estimate of drug-likeness (QED) is 0.253. The summed E-state index contributed by atoms with van der Waals surface area (Å²) >= 11 is 0. The van der Waals surface area contributed by atoms with Gasteiger partial charge in [-0.2, -0.15) is 10.5 Å². The van der Waals surface area contributed by atoms with E-state index in [1.165, 1.54) is 99.0 Å². The highest BCUT2D eigenvalue weighted by atomic mass is 15.1. The van der Waals surface area contributed by atoms with Crippen molar-refractivity contribution in [1.82, 2.24) is 4.90 Å². The van der Waals surface area contributed by atoms with Gasteiger partial charge in [0, 0.05) is 24.2 Å². The van der Waals surface area contributed by atoms with Crippen molar-refractivity contribution in [2.24, 2.45) is 5.92 Å². The van der Waals surface area contributed by atoms with Crippen LogP contribution >= 0.6 is 0 Å². The van der Waals surface area contributed by atoms with E-state index in [0.717, 1.165) is 18.0 Å². The van der Waals surface area contributed by atoms with E-state index in [9.17, 15) is 10.5 Å². The molecule has 0 N–H and O–H groups in total. The molecular weight excluding hydrogens is 438 g/mol. The van der Waals surface area contributed by atoms with Gasteiger partial charge in [-0.25, -0.2) is 0 Å². The van der Waals surface area contributed by atoms with Crippen molar-refractivity contribution < 1.29 is 0 Å². The predicted octanol–water partition coefficient (Wildman–Crippen LogP) is 7.80. The number of allylic oxidation sites excluding steroid dienone is 2. The predicted molar refractivity (Wildman–Crippen MR) is 153 cm³/mol. The van der Waals surface area contributed by atoms with E-state index < -0.39 is 0 Å². The van der Waals surface area contributed by atoms with Crippen LogP contribution in [0.1, 0.15) is 110 Å². The number of aryl methyl sites for hydroxylation is 1. The van der Waals surface area contributed by atoms with Gasteiger partial charge >= 0.3 is 0 Å². The van der Waals surface area contributed by atoms with E-state index in [1.807, 2.05) is 24.3 Å². The Morgan fingerprint density at radius 2 is 1.31 bits per heavy atom. The zero-order valence-electron chi connectivity index (χ0n) is 23.5. The second-order valence-electron chi connectivity index (χ2n) is 10.6. The molecule has 0 saturated carbocycles. The zero-order valence-corrected chi connectivity index (χ0v) is 23.5. The van der Waals surface area contributed by atoms with Gasteiger partial charge in [0.1, 0.15) is 17.7 Å². The first-order chi connectivity index (χ1) is 17.4. The normalized spacial score (nSPS) is 14.1. The molecule has 0 radical (unpaired) electrons. The maximum atomic E-state index is 9.22. The van der Waals surface area contributed by atoms with Crippen LogP contribution in [0.25, 0.3) is 11.1 Å². The van der Waals surface area contributed by atoms with Gasteiger partial charge in [-0.3, -0.25) is 0 Å². The lowest BCUT2D eigenvalue weighted by molar-refractivity contribution is 0.323. The van der Waals surface area contributed by atoms with Crippen molar-refractivity contribution in [3.8, 4) is 12.1 Å². The van der Waals surface area contributed by atoms with Gasteiger partial charge < -0.3 is 4.90 Å². The maximum absolute atomic E-state index is 9.22. The third-order valence-corrected chi connectivity index (χ3v) is 7.42. The second kappa shape index (κ2) is 16.1. The van der Waals surface area contributed by atoms with Crippen LogP contribution in [0.5, 0.6) is 0 Å². The number of benzene rings is 1. The van der Waals surface area contributed by atoms with Crippen LogP contribution in [0.2, 0.25) is 0 Å². The highest BCUT2D eigenvalue weighted by Gasteiger charge is 2.17. The largest absolute Gasteiger partial charge is 0.353 e. The molecule has 0 aliphatic carbocycles.